The van der Waals surface area contributed by atoms with Gasteiger partial charge in [-0.2, -0.15) is 0 Å². The van der Waals surface area contributed by atoms with E-state index in [1.807, 2.05) is 25.1 Å². The van der Waals surface area contributed by atoms with E-state index in [-0.39, 0.29) is 5.75 Å². The quantitative estimate of drug-likeness (QED) is 0.770. The van der Waals surface area contributed by atoms with Crippen molar-refractivity contribution in [3.63, 3.8) is 0 Å². The molecule has 75 valence electrons. The first kappa shape index (κ1) is 10.1. The van der Waals surface area contributed by atoms with Gasteiger partial charge in [-0.15, -0.1) is 0 Å². The fraction of sp³-hybridized carbons (Fsp3) is 0.0769. The number of hydrogen-bond donors (Lipinski definition) is 1. The molecule has 1 radical (unpaired) electrons. The van der Waals surface area contributed by atoms with Crippen LogP contribution < -0.4 is 0 Å². The van der Waals surface area contributed by atoms with E-state index in [0.717, 1.165) is 16.7 Å². The van der Waals surface area contributed by atoms with E-state index >= 15 is 0 Å². The molecule has 0 aliphatic heterocycles. The van der Waals surface area contributed by atoms with Crippen LogP contribution >= 0.6 is 11.6 Å². The lowest BCUT2D eigenvalue weighted by atomic mass is 10.0. The maximum Gasteiger partial charge on any atom is 0.116 e. The van der Waals surface area contributed by atoms with Gasteiger partial charge in [0.15, 0.2) is 0 Å². The molecule has 0 atom stereocenters. The largest absolute Gasteiger partial charge is 0.508 e. The lowest BCUT2D eigenvalue weighted by molar-refractivity contribution is 0.475. The Balaban J connectivity index is 2.59. The summed E-state index contributed by atoms with van der Waals surface area (Å²) in [6.45, 7) is 1.91. The van der Waals surface area contributed by atoms with Gasteiger partial charge in [0.1, 0.15) is 5.75 Å². The predicted molar refractivity (Wildman–Crippen MR) is 62.1 cm³/mol. The molecule has 0 heterocycles. The molecule has 15 heavy (non-hydrogen) atoms. The lowest BCUT2D eigenvalue weighted by Crippen LogP contribution is -1.82. The number of aryl methyl sites for hydroxylation is 1. The van der Waals surface area contributed by atoms with E-state index in [4.69, 9.17) is 11.6 Å². The van der Waals surface area contributed by atoms with E-state index in [9.17, 15) is 5.11 Å². The standard InChI is InChI=1S/C13H10ClO/c1-9-4-2-7-12(13(9)14)10-5-3-6-11(15)8-10/h2-3,5-8,15H,1H3. The van der Waals surface area contributed by atoms with Gasteiger partial charge in [-0.05, 0) is 36.2 Å². The minimum absolute atomic E-state index is 0.244. The highest BCUT2D eigenvalue weighted by Gasteiger charge is 2.05. The summed E-state index contributed by atoms with van der Waals surface area (Å²) in [5.41, 5.74) is 2.75. The molecule has 2 aromatic rings. The first-order valence-corrected chi connectivity index (χ1v) is 5.02. The van der Waals surface area contributed by atoms with Gasteiger partial charge >= 0.3 is 0 Å². The highest BCUT2D eigenvalue weighted by Crippen LogP contribution is 2.31. The molecule has 1 N–H and O–H groups in total. The molecule has 1 nitrogen and oxygen atoms in total. The number of benzene rings is 2. The van der Waals surface area contributed by atoms with Crippen LogP contribution in [0.3, 0.4) is 0 Å². The molecular formula is C13H10ClO. The summed E-state index contributed by atoms with van der Waals surface area (Å²) in [4.78, 5) is 0. The third kappa shape index (κ3) is 1.97. The summed E-state index contributed by atoms with van der Waals surface area (Å²) in [5, 5.41) is 10.1. The zero-order valence-corrected chi connectivity index (χ0v) is 9.05. The molecule has 0 saturated carbocycles. The summed E-state index contributed by atoms with van der Waals surface area (Å²) >= 11 is 6.17. The van der Waals surface area contributed by atoms with Crippen LogP contribution in [0, 0.1) is 13.0 Å². The van der Waals surface area contributed by atoms with Crippen molar-refractivity contribution in [2.45, 2.75) is 6.92 Å². The average molecular weight is 218 g/mol. The Hall–Kier alpha value is -1.47. The second-order valence-electron chi connectivity index (χ2n) is 3.38. The molecule has 0 aromatic heterocycles. The monoisotopic (exact) mass is 217 g/mol. The van der Waals surface area contributed by atoms with Gasteiger partial charge in [-0.3, -0.25) is 0 Å². The summed E-state index contributed by atoms with van der Waals surface area (Å²) in [6, 6.07) is 13.8. The van der Waals surface area contributed by atoms with Crippen LogP contribution in [0.25, 0.3) is 11.1 Å². The summed E-state index contributed by atoms with van der Waals surface area (Å²) in [7, 11) is 0. The molecular weight excluding hydrogens is 208 g/mol. The average Bonchev–Trinajstić information content (AvgIpc) is 2.22. The molecule has 0 saturated heterocycles. The van der Waals surface area contributed by atoms with Gasteiger partial charge in [-0.25, -0.2) is 0 Å². The van der Waals surface area contributed by atoms with Crippen molar-refractivity contribution in [3.8, 4) is 16.9 Å². The maximum atomic E-state index is 9.38. The third-order valence-corrected chi connectivity index (χ3v) is 2.76. The topological polar surface area (TPSA) is 20.2 Å². The molecule has 2 aromatic carbocycles. The maximum absolute atomic E-state index is 9.38. The Morgan fingerprint density at radius 1 is 1.27 bits per heavy atom. The first-order chi connectivity index (χ1) is 7.18. The van der Waals surface area contributed by atoms with Gasteiger partial charge in [-0.1, -0.05) is 35.9 Å². The minimum atomic E-state index is 0.244. The number of phenols is 1. The van der Waals surface area contributed by atoms with Crippen LogP contribution in [0.4, 0.5) is 0 Å². The number of phenolic OH excluding ortho intramolecular Hbond substituents is 1. The second kappa shape index (κ2) is 3.95. The summed E-state index contributed by atoms with van der Waals surface area (Å²) in [5.74, 6) is 0.244. The molecule has 0 bridgehead atoms. The van der Waals surface area contributed by atoms with Crippen molar-refractivity contribution in [1.29, 1.82) is 0 Å². The smallest absolute Gasteiger partial charge is 0.116 e. The molecule has 0 aliphatic rings. The van der Waals surface area contributed by atoms with E-state index in [1.165, 1.54) is 0 Å². The van der Waals surface area contributed by atoms with Gasteiger partial charge in [0, 0.05) is 5.56 Å². The van der Waals surface area contributed by atoms with Gasteiger partial charge < -0.3 is 5.11 Å². The Morgan fingerprint density at radius 2 is 2.07 bits per heavy atom. The summed E-state index contributed by atoms with van der Waals surface area (Å²) in [6.07, 6.45) is 0. The Morgan fingerprint density at radius 3 is 2.80 bits per heavy atom. The van der Waals surface area contributed by atoms with E-state index in [2.05, 4.69) is 6.07 Å². The highest BCUT2D eigenvalue weighted by atomic mass is 35.5. The molecule has 0 unspecified atom stereocenters. The van der Waals surface area contributed by atoms with Crippen molar-refractivity contribution in [3.05, 3.63) is 53.1 Å². The SMILES string of the molecule is Cc1[c]ccc(-c2cccc(O)c2)c1Cl. The highest BCUT2D eigenvalue weighted by molar-refractivity contribution is 6.34. The van der Waals surface area contributed by atoms with Crippen molar-refractivity contribution in [1.82, 2.24) is 0 Å². The van der Waals surface area contributed by atoms with E-state index in [1.54, 1.807) is 18.2 Å². The predicted octanol–water partition coefficient (Wildman–Crippen LogP) is 3.82. The minimum Gasteiger partial charge on any atom is -0.508 e. The fourth-order valence-corrected chi connectivity index (χ4v) is 1.71. The normalized spacial score (nSPS) is 10.3. The molecule has 0 amide bonds. The second-order valence-corrected chi connectivity index (χ2v) is 3.76. The molecule has 0 aliphatic carbocycles. The Kier molecular flexibility index (Phi) is 2.65. The number of halogens is 1. The Bertz CT molecular complexity index is 492. The van der Waals surface area contributed by atoms with Crippen LogP contribution in [-0.2, 0) is 0 Å². The number of aromatic hydroxyl groups is 1. The molecule has 2 heteroatoms. The summed E-state index contributed by atoms with van der Waals surface area (Å²) < 4.78 is 0. The number of rotatable bonds is 1. The van der Waals surface area contributed by atoms with Crippen molar-refractivity contribution >= 4 is 11.6 Å². The first-order valence-electron chi connectivity index (χ1n) is 4.64. The molecule has 0 spiro atoms. The van der Waals surface area contributed by atoms with Crippen molar-refractivity contribution in [2.75, 3.05) is 0 Å². The molecule has 2 rings (SSSR count). The van der Waals surface area contributed by atoms with E-state index < -0.39 is 0 Å². The van der Waals surface area contributed by atoms with Crippen LogP contribution in [-0.4, -0.2) is 5.11 Å². The van der Waals surface area contributed by atoms with Gasteiger partial charge in [0.25, 0.3) is 0 Å². The van der Waals surface area contributed by atoms with Crippen LogP contribution in [0.2, 0.25) is 5.02 Å². The zero-order valence-electron chi connectivity index (χ0n) is 8.29. The van der Waals surface area contributed by atoms with Crippen LogP contribution in [0.1, 0.15) is 5.56 Å². The van der Waals surface area contributed by atoms with Gasteiger partial charge in [0.2, 0.25) is 0 Å². The molecule has 0 fully saturated rings. The zero-order chi connectivity index (χ0) is 10.8. The van der Waals surface area contributed by atoms with Crippen molar-refractivity contribution in [2.24, 2.45) is 0 Å². The van der Waals surface area contributed by atoms with Crippen LogP contribution in [0.15, 0.2) is 36.4 Å². The van der Waals surface area contributed by atoms with Crippen LogP contribution in [0.5, 0.6) is 5.75 Å². The third-order valence-electron chi connectivity index (χ3n) is 2.27. The van der Waals surface area contributed by atoms with Gasteiger partial charge in [0.05, 0.1) is 5.02 Å². The Labute approximate surface area is 94.0 Å². The fourth-order valence-electron chi connectivity index (χ4n) is 1.48. The number of hydrogen-bond acceptors (Lipinski definition) is 1. The van der Waals surface area contributed by atoms with Crippen molar-refractivity contribution < 1.29 is 5.11 Å². The lowest BCUT2D eigenvalue weighted by Gasteiger charge is -2.06. The van der Waals surface area contributed by atoms with E-state index in [0.29, 0.717) is 5.02 Å².